The summed E-state index contributed by atoms with van der Waals surface area (Å²) in [5, 5.41) is 0. The van der Waals surface area contributed by atoms with Crippen LogP contribution in [0.25, 0.3) is 0 Å². The summed E-state index contributed by atoms with van der Waals surface area (Å²) in [5.74, 6) is 4.29. The number of hydrogen-bond donors (Lipinski definition) is 0. The van der Waals surface area contributed by atoms with Crippen molar-refractivity contribution in [2.45, 2.75) is 52.4 Å². The van der Waals surface area contributed by atoms with E-state index >= 15 is 0 Å². The second kappa shape index (κ2) is 3.40. The van der Waals surface area contributed by atoms with E-state index in [2.05, 4.69) is 13.8 Å². The maximum Gasteiger partial charge on any atom is -0.0355 e. The lowest BCUT2D eigenvalue weighted by Gasteiger charge is -2.34. The smallest absolute Gasteiger partial charge is 0.0355 e. The molecular formula is C12H22. The molecule has 2 aliphatic carbocycles. The summed E-state index contributed by atoms with van der Waals surface area (Å²) in [5.41, 5.74) is 0. The third kappa shape index (κ3) is 1.67. The molecule has 2 saturated carbocycles. The first-order valence-corrected chi connectivity index (χ1v) is 5.79. The highest BCUT2D eigenvalue weighted by molar-refractivity contribution is 4.88. The van der Waals surface area contributed by atoms with E-state index < -0.39 is 0 Å². The summed E-state index contributed by atoms with van der Waals surface area (Å²) in [6.07, 6.45) is 9.20. The van der Waals surface area contributed by atoms with Crippen molar-refractivity contribution in [3.8, 4) is 0 Å². The molecule has 2 rings (SSSR count). The van der Waals surface area contributed by atoms with Gasteiger partial charge in [0.25, 0.3) is 0 Å². The molecule has 0 aromatic rings. The lowest BCUT2D eigenvalue weighted by molar-refractivity contribution is 0.159. The van der Waals surface area contributed by atoms with E-state index in [0.29, 0.717) is 0 Å². The van der Waals surface area contributed by atoms with Crippen molar-refractivity contribution in [1.29, 1.82) is 0 Å². The second-order valence-corrected chi connectivity index (χ2v) is 5.19. The molecular weight excluding hydrogens is 144 g/mol. The van der Waals surface area contributed by atoms with Crippen LogP contribution < -0.4 is 0 Å². The van der Waals surface area contributed by atoms with Crippen molar-refractivity contribution in [2.75, 3.05) is 0 Å². The van der Waals surface area contributed by atoms with Crippen LogP contribution in [0, 0.1) is 23.7 Å². The Balaban J connectivity index is 1.96. The quantitative estimate of drug-likeness (QED) is 0.584. The molecule has 0 radical (unpaired) electrons. The van der Waals surface area contributed by atoms with Gasteiger partial charge in [-0.3, -0.25) is 0 Å². The van der Waals surface area contributed by atoms with Crippen LogP contribution in [0.4, 0.5) is 0 Å². The average Bonchev–Trinajstić information content (AvgIpc) is 2.87. The van der Waals surface area contributed by atoms with E-state index in [0.717, 1.165) is 23.7 Å². The summed E-state index contributed by atoms with van der Waals surface area (Å²) in [6.45, 7) is 4.84. The molecule has 0 saturated heterocycles. The standard InChI is InChI=1S/C12H22/c1-9(2)11-5-3-4-6-12(11)10-7-8-10/h9-12H,3-8H2,1-2H3. The summed E-state index contributed by atoms with van der Waals surface area (Å²) in [6, 6.07) is 0. The minimum Gasteiger partial charge on any atom is -0.0625 e. The Bertz CT molecular complexity index is 134. The minimum atomic E-state index is 0.941. The van der Waals surface area contributed by atoms with E-state index in [4.69, 9.17) is 0 Å². The van der Waals surface area contributed by atoms with Crippen molar-refractivity contribution in [3.63, 3.8) is 0 Å². The molecule has 0 aliphatic heterocycles. The third-order valence-electron chi connectivity index (χ3n) is 3.96. The Morgan fingerprint density at radius 2 is 1.58 bits per heavy atom. The van der Waals surface area contributed by atoms with Crippen LogP contribution in [-0.4, -0.2) is 0 Å². The fourth-order valence-electron chi connectivity index (χ4n) is 3.13. The lowest BCUT2D eigenvalue weighted by atomic mass is 9.71. The summed E-state index contributed by atoms with van der Waals surface area (Å²) in [4.78, 5) is 0. The van der Waals surface area contributed by atoms with E-state index in [1.165, 1.54) is 19.3 Å². The summed E-state index contributed by atoms with van der Waals surface area (Å²) < 4.78 is 0. The Kier molecular flexibility index (Phi) is 2.43. The lowest BCUT2D eigenvalue weighted by Crippen LogP contribution is -2.25. The Morgan fingerprint density at radius 3 is 2.17 bits per heavy atom. The average molecular weight is 166 g/mol. The highest BCUT2D eigenvalue weighted by Gasteiger charge is 2.38. The van der Waals surface area contributed by atoms with Gasteiger partial charge in [0.2, 0.25) is 0 Å². The molecule has 0 heterocycles. The summed E-state index contributed by atoms with van der Waals surface area (Å²) in [7, 11) is 0. The first-order chi connectivity index (χ1) is 5.79. The van der Waals surface area contributed by atoms with Crippen LogP contribution in [0.3, 0.4) is 0 Å². The molecule has 0 bridgehead atoms. The highest BCUT2D eigenvalue weighted by atomic mass is 14.4. The van der Waals surface area contributed by atoms with Crippen molar-refractivity contribution >= 4 is 0 Å². The number of rotatable bonds is 2. The second-order valence-electron chi connectivity index (χ2n) is 5.19. The van der Waals surface area contributed by atoms with Gasteiger partial charge in [-0.15, -0.1) is 0 Å². The molecule has 0 nitrogen and oxygen atoms in total. The first-order valence-electron chi connectivity index (χ1n) is 5.79. The van der Waals surface area contributed by atoms with Gasteiger partial charge in [-0.25, -0.2) is 0 Å². The van der Waals surface area contributed by atoms with Crippen LogP contribution in [0.2, 0.25) is 0 Å². The predicted molar refractivity (Wildman–Crippen MR) is 53.0 cm³/mol. The van der Waals surface area contributed by atoms with Gasteiger partial charge >= 0.3 is 0 Å². The molecule has 2 unspecified atom stereocenters. The van der Waals surface area contributed by atoms with Crippen molar-refractivity contribution in [3.05, 3.63) is 0 Å². The van der Waals surface area contributed by atoms with E-state index in [-0.39, 0.29) is 0 Å². The van der Waals surface area contributed by atoms with Crippen molar-refractivity contribution in [1.82, 2.24) is 0 Å². The molecule has 0 aromatic carbocycles. The zero-order valence-electron chi connectivity index (χ0n) is 8.55. The van der Waals surface area contributed by atoms with Gasteiger partial charge in [0.1, 0.15) is 0 Å². The number of hydrogen-bond acceptors (Lipinski definition) is 0. The SMILES string of the molecule is CC(C)C1CCCCC1C1CC1. The molecule has 2 atom stereocenters. The normalized spacial score (nSPS) is 37.2. The van der Waals surface area contributed by atoms with Crippen molar-refractivity contribution in [2.24, 2.45) is 23.7 Å². The van der Waals surface area contributed by atoms with Gasteiger partial charge in [0.05, 0.1) is 0 Å². The Morgan fingerprint density at radius 1 is 0.917 bits per heavy atom. The molecule has 0 spiro atoms. The molecule has 0 amide bonds. The molecule has 0 heteroatoms. The highest BCUT2D eigenvalue weighted by Crippen LogP contribution is 2.48. The maximum absolute atomic E-state index is 2.42. The molecule has 2 aliphatic rings. The predicted octanol–water partition coefficient (Wildman–Crippen LogP) is 3.86. The molecule has 0 N–H and O–H groups in total. The fraction of sp³-hybridized carbons (Fsp3) is 1.00. The first kappa shape index (κ1) is 8.59. The van der Waals surface area contributed by atoms with Gasteiger partial charge in [0.15, 0.2) is 0 Å². The van der Waals surface area contributed by atoms with Crippen LogP contribution in [0.1, 0.15) is 52.4 Å². The van der Waals surface area contributed by atoms with E-state index in [9.17, 15) is 0 Å². The zero-order chi connectivity index (χ0) is 8.55. The molecule has 70 valence electrons. The van der Waals surface area contributed by atoms with Gasteiger partial charge in [-0.1, -0.05) is 26.7 Å². The van der Waals surface area contributed by atoms with E-state index in [1.54, 1.807) is 19.3 Å². The van der Waals surface area contributed by atoms with Gasteiger partial charge < -0.3 is 0 Å². The third-order valence-corrected chi connectivity index (χ3v) is 3.96. The molecule has 2 fully saturated rings. The summed E-state index contributed by atoms with van der Waals surface area (Å²) >= 11 is 0. The minimum absolute atomic E-state index is 0.941. The van der Waals surface area contributed by atoms with Crippen LogP contribution >= 0.6 is 0 Å². The van der Waals surface area contributed by atoms with Crippen molar-refractivity contribution < 1.29 is 0 Å². The van der Waals surface area contributed by atoms with Crippen LogP contribution in [0.5, 0.6) is 0 Å². The fourth-order valence-corrected chi connectivity index (χ4v) is 3.13. The monoisotopic (exact) mass is 166 g/mol. The van der Waals surface area contributed by atoms with Gasteiger partial charge in [0, 0.05) is 0 Å². The molecule has 12 heavy (non-hydrogen) atoms. The molecule has 0 aromatic heterocycles. The van der Waals surface area contributed by atoms with E-state index in [1.807, 2.05) is 0 Å². The zero-order valence-corrected chi connectivity index (χ0v) is 8.55. The Hall–Kier alpha value is 0. The maximum atomic E-state index is 2.42. The topological polar surface area (TPSA) is 0 Å². The van der Waals surface area contributed by atoms with Crippen LogP contribution in [-0.2, 0) is 0 Å². The Labute approximate surface area is 76.7 Å². The van der Waals surface area contributed by atoms with Gasteiger partial charge in [-0.2, -0.15) is 0 Å². The van der Waals surface area contributed by atoms with Crippen LogP contribution in [0.15, 0.2) is 0 Å². The largest absolute Gasteiger partial charge is 0.0625 e. The van der Waals surface area contributed by atoms with Gasteiger partial charge in [-0.05, 0) is 49.4 Å².